The van der Waals surface area contributed by atoms with Gasteiger partial charge in [-0.25, -0.2) is 18.7 Å². The smallest absolute Gasteiger partial charge is 0.141 e. The van der Waals surface area contributed by atoms with Crippen molar-refractivity contribution < 1.29 is 13.5 Å². The van der Waals surface area contributed by atoms with Crippen molar-refractivity contribution in [3.8, 4) is 16.9 Å². The molecule has 2 N–H and O–H groups in total. The Balaban J connectivity index is 1.42. The molecule has 0 aliphatic heterocycles. The maximum absolute atomic E-state index is 14.0. The fourth-order valence-electron chi connectivity index (χ4n) is 3.54. The minimum absolute atomic E-state index is 0.277. The zero-order valence-electron chi connectivity index (χ0n) is 18.8. The molecule has 0 fully saturated rings. The number of ether oxygens (including phenoxy) is 1. The first-order valence-electron chi connectivity index (χ1n) is 10.7. The van der Waals surface area contributed by atoms with Crippen LogP contribution in [0.5, 0.6) is 5.75 Å². The van der Waals surface area contributed by atoms with Gasteiger partial charge >= 0.3 is 0 Å². The molecule has 0 bridgehead atoms. The molecule has 0 saturated heterocycles. The Kier molecular flexibility index (Phi) is 6.84. The molecule has 0 aliphatic rings. The van der Waals surface area contributed by atoms with Crippen molar-refractivity contribution in [2.24, 2.45) is 0 Å². The molecule has 0 radical (unpaired) electrons. The van der Waals surface area contributed by atoms with Gasteiger partial charge in [-0.2, -0.15) is 0 Å². The number of nitrogens with one attached hydrogen (secondary N) is 2. The molecule has 5 aromatic rings. The first-order valence-corrected chi connectivity index (χ1v) is 11.9. The number of hydrogen-bond acceptors (Lipinski definition) is 7. The van der Waals surface area contributed by atoms with Crippen molar-refractivity contribution in [1.82, 2.24) is 15.0 Å². The summed E-state index contributed by atoms with van der Waals surface area (Å²) in [6.45, 7) is 0. The molecule has 2 heterocycles. The topological polar surface area (TPSA) is 72.0 Å². The Bertz CT molecular complexity index is 1570. The normalized spacial score (nSPS) is 10.9. The number of aromatic nitrogens is 3. The van der Waals surface area contributed by atoms with Gasteiger partial charge in [0.05, 0.1) is 34.4 Å². The van der Waals surface area contributed by atoms with Gasteiger partial charge in [0.25, 0.3) is 0 Å². The highest BCUT2D eigenvalue weighted by atomic mass is 35.5. The van der Waals surface area contributed by atoms with Crippen LogP contribution in [0.3, 0.4) is 0 Å². The predicted molar refractivity (Wildman–Crippen MR) is 140 cm³/mol. The lowest BCUT2D eigenvalue weighted by Crippen LogP contribution is -1.97. The van der Waals surface area contributed by atoms with Crippen LogP contribution in [-0.4, -0.2) is 22.1 Å². The van der Waals surface area contributed by atoms with Crippen LogP contribution in [0.15, 0.2) is 84.3 Å². The van der Waals surface area contributed by atoms with Crippen LogP contribution >= 0.6 is 23.5 Å². The van der Waals surface area contributed by atoms with E-state index in [2.05, 4.69) is 25.0 Å². The lowest BCUT2D eigenvalue weighted by Gasteiger charge is -2.12. The predicted octanol–water partition coefficient (Wildman–Crippen LogP) is 7.49. The molecular weight excluding hydrogens is 504 g/mol. The molecule has 0 saturated carbocycles. The summed E-state index contributed by atoms with van der Waals surface area (Å²) >= 11 is 7.31. The summed E-state index contributed by atoms with van der Waals surface area (Å²) in [7, 11) is 1.56. The maximum Gasteiger partial charge on any atom is 0.141 e. The third kappa shape index (κ3) is 5.17. The average molecular weight is 522 g/mol. The van der Waals surface area contributed by atoms with Crippen molar-refractivity contribution in [2.45, 2.75) is 4.90 Å². The van der Waals surface area contributed by atoms with Gasteiger partial charge in [-0.15, -0.1) is 0 Å². The number of methoxy groups -OCH3 is 1. The van der Waals surface area contributed by atoms with E-state index in [4.69, 9.17) is 16.3 Å². The minimum atomic E-state index is -0.635. The molecule has 0 unspecified atom stereocenters. The first-order chi connectivity index (χ1) is 17.5. The Morgan fingerprint density at radius 1 is 0.889 bits per heavy atom. The highest BCUT2D eigenvalue weighted by Crippen LogP contribution is 2.32. The van der Waals surface area contributed by atoms with Gasteiger partial charge in [0.15, 0.2) is 0 Å². The van der Waals surface area contributed by atoms with E-state index in [1.807, 2.05) is 30.3 Å². The third-order valence-electron chi connectivity index (χ3n) is 5.29. The van der Waals surface area contributed by atoms with E-state index in [1.165, 1.54) is 18.5 Å². The van der Waals surface area contributed by atoms with Crippen LogP contribution in [0.4, 0.5) is 26.0 Å². The summed E-state index contributed by atoms with van der Waals surface area (Å²) in [4.78, 5) is 13.4. The second-order valence-electron chi connectivity index (χ2n) is 7.67. The fraction of sp³-hybridized carbons (Fsp3) is 0.0385. The molecule has 2 aromatic heterocycles. The Hall–Kier alpha value is -3.95. The van der Waals surface area contributed by atoms with E-state index in [1.54, 1.807) is 31.6 Å². The number of nitrogens with zero attached hydrogens (tertiary/aromatic N) is 3. The molecule has 0 spiro atoms. The van der Waals surface area contributed by atoms with Gasteiger partial charge in [-0.3, -0.25) is 4.98 Å². The number of benzene rings is 3. The Morgan fingerprint density at radius 3 is 2.58 bits per heavy atom. The van der Waals surface area contributed by atoms with E-state index < -0.39 is 11.6 Å². The zero-order valence-corrected chi connectivity index (χ0v) is 20.4. The summed E-state index contributed by atoms with van der Waals surface area (Å²) in [5, 5.41) is 4.58. The molecule has 0 atom stereocenters. The van der Waals surface area contributed by atoms with Gasteiger partial charge in [-0.1, -0.05) is 17.7 Å². The Morgan fingerprint density at radius 2 is 1.78 bits per heavy atom. The highest BCUT2D eigenvalue weighted by Gasteiger charge is 2.10. The van der Waals surface area contributed by atoms with Crippen LogP contribution in [0.25, 0.3) is 22.0 Å². The SMILES string of the molecule is COc1ccc(Nc2ncnc3ccc(-c4cncc(NSc5ccc(F)cc5F)c4)cc23)cc1Cl. The van der Waals surface area contributed by atoms with Crippen molar-refractivity contribution in [1.29, 1.82) is 0 Å². The summed E-state index contributed by atoms with van der Waals surface area (Å²) in [6, 6.07) is 16.5. The number of fused-ring (bicyclic) bond motifs is 1. The average Bonchev–Trinajstić information content (AvgIpc) is 2.88. The maximum atomic E-state index is 14.0. The van der Waals surface area contributed by atoms with Crippen LogP contribution in [0.2, 0.25) is 5.02 Å². The quantitative estimate of drug-likeness (QED) is 0.215. The number of halogens is 3. The molecule has 180 valence electrons. The Labute approximate surface area is 214 Å². The molecule has 0 amide bonds. The monoisotopic (exact) mass is 521 g/mol. The lowest BCUT2D eigenvalue weighted by atomic mass is 10.0. The lowest BCUT2D eigenvalue weighted by molar-refractivity contribution is 0.415. The van der Waals surface area contributed by atoms with Gasteiger partial charge < -0.3 is 14.8 Å². The fourth-order valence-corrected chi connectivity index (χ4v) is 4.43. The third-order valence-corrected chi connectivity index (χ3v) is 6.48. The molecular formula is C26H18ClF2N5OS. The van der Waals surface area contributed by atoms with Crippen molar-refractivity contribution >= 4 is 51.6 Å². The molecule has 5 rings (SSSR count). The van der Waals surface area contributed by atoms with Crippen LogP contribution in [0, 0.1) is 11.6 Å². The molecule has 36 heavy (non-hydrogen) atoms. The van der Waals surface area contributed by atoms with Gasteiger partial charge in [0.2, 0.25) is 0 Å². The number of pyridine rings is 1. The van der Waals surface area contributed by atoms with Crippen LogP contribution < -0.4 is 14.8 Å². The highest BCUT2D eigenvalue weighted by molar-refractivity contribution is 8.00. The summed E-state index contributed by atoms with van der Waals surface area (Å²) in [6.07, 6.45) is 4.85. The van der Waals surface area contributed by atoms with E-state index >= 15 is 0 Å². The van der Waals surface area contributed by atoms with E-state index in [9.17, 15) is 8.78 Å². The largest absolute Gasteiger partial charge is 0.495 e. The molecule has 0 aliphatic carbocycles. The van der Waals surface area contributed by atoms with E-state index in [0.29, 0.717) is 22.3 Å². The number of anilines is 3. The van der Waals surface area contributed by atoms with Crippen LogP contribution in [0.1, 0.15) is 0 Å². The summed E-state index contributed by atoms with van der Waals surface area (Å²) < 4.78 is 35.4. The van der Waals surface area contributed by atoms with Gasteiger partial charge in [0.1, 0.15) is 29.5 Å². The second-order valence-corrected chi connectivity index (χ2v) is 8.92. The summed E-state index contributed by atoms with van der Waals surface area (Å²) in [5.74, 6) is -0.0555. The molecule has 6 nitrogen and oxygen atoms in total. The van der Waals surface area contributed by atoms with Crippen molar-refractivity contribution in [3.63, 3.8) is 0 Å². The second kappa shape index (κ2) is 10.3. The molecule has 10 heteroatoms. The first kappa shape index (κ1) is 23.8. The van der Waals surface area contributed by atoms with Gasteiger partial charge in [-0.05, 0) is 66.0 Å². The van der Waals surface area contributed by atoms with Crippen molar-refractivity contribution in [2.75, 3.05) is 17.1 Å². The van der Waals surface area contributed by atoms with Crippen molar-refractivity contribution in [3.05, 3.63) is 96.0 Å². The summed E-state index contributed by atoms with van der Waals surface area (Å²) in [5.41, 5.74) is 3.91. The minimum Gasteiger partial charge on any atom is -0.495 e. The number of hydrogen-bond donors (Lipinski definition) is 2. The molecule has 3 aromatic carbocycles. The zero-order chi connectivity index (χ0) is 25.1. The van der Waals surface area contributed by atoms with E-state index in [-0.39, 0.29) is 4.90 Å². The van der Waals surface area contributed by atoms with E-state index in [0.717, 1.165) is 45.7 Å². The standard InChI is InChI=1S/C26H18ClF2N5OS/c1-35-24-6-4-18(11-21(24)27)33-26-20-9-15(2-5-23(20)31-14-32-26)16-8-19(13-30-12-16)34-36-25-7-3-17(28)10-22(25)29/h2-14,34H,1H3,(H,31,32,33). The van der Waals surface area contributed by atoms with Crippen LogP contribution in [-0.2, 0) is 0 Å². The number of rotatable bonds is 7. The van der Waals surface area contributed by atoms with Gasteiger partial charge in [0, 0.05) is 28.9 Å².